The van der Waals surface area contributed by atoms with E-state index in [0.29, 0.717) is 24.2 Å². The van der Waals surface area contributed by atoms with Crippen molar-refractivity contribution < 1.29 is 15.0 Å². The first-order valence-corrected chi connectivity index (χ1v) is 15.9. The van der Waals surface area contributed by atoms with Gasteiger partial charge in [-0.1, -0.05) is 88.5 Å². The van der Waals surface area contributed by atoms with Gasteiger partial charge in [-0.15, -0.1) is 0 Å². The van der Waals surface area contributed by atoms with Gasteiger partial charge in [-0.2, -0.15) is 0 Å². The van der Waals surface area contributed by atoms with E-state index < -0.39 is 11.5 Å². The van der Waals surface area contributed by atoms with Crippen molar-refractivity contribution in [2.75, 3.05) is 0 Å². The Hall–Kier alpha value is -1.45. The fourth-order valence-electron chi connectivity index (χ4n) is 8.15. The highest BCUT2D eigenvalue weighted by Gasteiger charge is 2.54. The first kappa shape index (κ1) is 29.5. The van der Waals surface area contributed by atoms with Gasteiger partial charge in [-0.3, -0.25) is 4.79 Å². The van der Waals surface area contributed by atoms with E-state index in [1.165, 1.54) is 62.5 Å². The Bertz CT molecular complexity index is 935. The van der Waals surface area contributed by atoms with Gasteiger partial charge in [-0.25, -0.2) is 0 Å². The maximum absolute atomic E-state index is 13.0. The Balaban J connectivity index is 1.36. The number of ketones is 1. The molecule has 4 rings (SSSR count). The molecule has 4 saturated carbocycles. The molecule has 0 unspecified atom stereocenters. The molecule has 2 N–H and O–H groups in total. The van der Waals surface area contributed by atoms with E-state index in [4.69, 9.17) is 0 Å². The topological polar surface area (TPSA) is 57.5 Å². The van der Waals surface area contributed by atoms with Crippen LogP contribution < -0.4 is 0 Å². The zero-order valence-corrected chi connectivity index (χ0v) is 24.5. The van der Waals surface area contributed by atoms with E-state index >= 15 is 0 Å². The monoisotopic (exact) mass is 522 g/mol. The van der Waals surface area contributed by atoms with Crippen molar-refractivity contribution in [3.05, 3.63) is 47.6 Å². The van der Waals surface area contributed by atoms with Crippen LogP contribution in [-0.4, -0.2) is 28.2 Å². The van der Waals surface area contributed by atoms with Crippen molar-refractivity contribution in [3.8, 4) is 0 Å². The van der Waals surface area contributed by atoms with Gasteiger partial charge in [0.05, 0.1) is 17.6 Å². The summed E-state index contributed by atoms with van der Waals surface area (Å²) in [5.74, 6) is 1.90. The number of carbonyl (C=O) groups excluding carboxylic acids is 1. The van der Waals surface area contributed by atoms with Gasteiger partial charge in [0.1, 0.15) is 5.78 Å². The number of carbonyl (C=O) groups is 1. The van der Waals surface area contributed by atoms with Gasteiger partial charge in [0.2, 0.25) is 0 Å². The molecule has 0 amide bonds. The van der Waals surface area contributed by atoms with E-state index in [1.54, 1.807) is 5.57 Å². The lowest BCUT2D eigenvalue weighted by atomic mass is 9.61. The molecule has 0 spiro atoms. The fraction of sp³-hybridized carbons (Fsp3) is 0.743. The molecule has 3 heteroatoms. The molecular formula is C35H54O3. The van der Waals surface area contributed by atoms with Gasteiger partial charge < -0.3 is 10.2 Å². The van der Waals surface area contributed by atoms with E-state index in [2.05, 4.69) is 45.6 Å². The lowest BCUT2D eigenvalue weighted by molar-refractivity contribution is -0.127. The summed E-state index contributed by atoms with van der Waals surface area (Å²) in [4.78, 5) is 13.0. The van der Waals surface area contributed by atoms with Crippen LogP contribution in [0.25, 0.3) is 0 Å². The maximum Gasteiger partial charge on any atom is 0.141 e. The first-order valence-electron chi connectivity index (χ1n) is 15.9. The summed E-state index contributed by atoms with van der Waals surface area (Å²) in [6.45, 7) is 11.3. The molecule has 0 aromatic rings. The number of fused-ring (bicyclic) bond motifs is 1. The molecule has 0 radical (unpaired) electrons. The second-order valence-corrected chi connectivity index (χ2v) is 13.5. The van der Waals surface area contributed by atoms with Crippen LogP contribution in [0.3, 0.4) is 0 Å². The summed E-state index contributed by atoms with van der Waals surface area (Å²) in [5.41, 5.74) is 3.79. The van der Waals surface area contributed by atoms with E-state index in [0.717, 1.165) is 44.9 Å². The van der Waals surface area contributed by atoms with Crippen molar-refractivity contribution in [1.29, 1.82) is 0 Å². The fourth-order valence-corrected chi connectivity index (χ4v) is 8.15. The van der Waals surface area contributed by atoms with Crippen LogP contribution in [0.4, 0.5) is 0 Å². The van der Waals surface area contributed by atoms with Gasteiger partial charge in [0.15, 0.2) is 0 Å². The lowest BCUT2D eigenvalue weighted by Crippen LogP contribution is -2.35. The highest BCUT2D eigenvalue weighted by molar-refractivity contribution is 5.88. The molecule has 0 aromatic carbocycles. The van der Waals surface area contributed by atoms with E-state index in [1.807, 2.05) is 6.08 Å². The minimum Gasteiger partial charge on any atom is -0.393 e. The highest BCUT2D eigenvalue weighted by atomic mass is 16.3. The highest BCUT2D eigenvalue weighted by Crippen LogP contribution is 2.60. The minimum atomic E-state index is -0.634. The molecule has 0 aliphatic heterocycles. The van der Waals surface area contributed by atoms with Crippen LogP contribution >= 0.6 is 0 Å². The summed E-state index contributed by atoms with van der Waals surface area (Å²) in [7, 11) is 0. The van der Waals surface area contributed by atoms with E-state index in [-0.39, 0.29) is 17.3 Å². The molecular weight excluding hydrogens is 468 g/mol. The summed E-state index contributed by atoms with van der Waals surface area (Å²) < 4.78 is 0. The average molecular weight is 523 g/mol. The largest absolute Gasteiger partial charge is 0.393 e. The number of hydrogen-bond donors (Lipinski definition) is 2. The Morgan fingerprint density at radius 2 is 1.82 bits per heavy atom. The average Bonchev–Trinajstić information content (AvgIpc) is 3.63. The Kier molecular flexibility index (Phi) is 9.96. The van der Waals surface area contributed by atoms with Crippen LogP contribution in [0, 0.1) is 28.6 Å². The molecule has 4 aliphatic carbocycles. The third-order valence-electron chi connectivity index (χ3n) is 10.9. The molecule has 3 nitrogen and oxygen atoms in total. The smallest absolute Gasteiger partial charge is 0.141 e. The zero-order valence-electron chi connectivity index (χ0n) is 24.5. The zero-order chi connectivity index (χ0) is 27.3. The second kappa shape index (κ2) is 12.8. The molecule has 0 aromatic heterocycles. The van der Waals surface area contributed by atoms with Crippen molar-refractivity contribution in [1.82, 2.24) is 0 Å². The lowest BCUT2D eigenvalue weighted by Gasteiger charge is -2.44. The number of allylic oxidation sites excluding steroid dienone is 5. The molecule has 212 valence electrons. The molecule has 6 atom stereocenters. The molecule has 38 heavy (non-hydrogen) atoms. The van der Waals surface area contributed by atoms with Gasteiger partial charge in [0, 0.05) is 6.42 Å². The minimum absolute atomic E-state index is 0.225. The molecule has 4 aliphatic rings. The Morgan fingerprint density at radius 3 is 2.55 bits per heavy atom. The van der Waals surface area contributed by atoms with Gasteiger partial charge in [-0.05, 0) is 99.4 Å². The SMILES string of the molecule is C=C1CC[C@H](O)CC1=CC=C1CCC[C@]2(C)[C@@H]([C@H](C)C=C[C@@H](O)C3(C(=O)CCCCCCC)CC3)CC[C@@H]12. The number of rotatable bonds is 12. The number of aliphatic hydroxyl groups excluding tert-OH is 2. The van der Waals surface area contributed by atoms with Crippen LogP contribution in [0.15, 0.2) is 47.6 Å². The van der Waals surface area contributed by atoms with Gasteiger partial charge >= 0.3 is 0 Å². The third kappa shape index (κ3) is 6.47. The van der Waals surface area contributed by atoms with Crippen molar-refractivity contribution in [2.45, 2.75) is 136 Å². The van der Waals surface area contributed by atoms with Crippen molar-refractivity contribution in [2.24, 2.45) is 28.6 Å². The summed E-state index contributed by atoms with van der Waals surface area (Å²) in [6, 6.07) is 0. The third-order valence-corrected chi connectivity index (χ3v) is 10.9. The standard InChI is InChI=1S/C35H54O3/c1-5-6-7-8-9-12-32(37)35(22-23-35)33(38)20-14-26(3)30-18-19-31-27(11-10-21-34(30,31)4)15-16-28-24-29(36)17-13-25(28)2/h14-16,20,26,29-31,33,36,38H,2,5-13,17-19,21-24H2,1,3-4H3/t26-,29+,30-,31+,33-,34-/m1/s1. The van der Waals surface area contributed by atoms with Crippen LogP contribution in [0.5, 0.6) is 0 Å². The Morgan fingerprint density at radius 1 is 1.05 bits per heavy atom. The molecule has 0 heterocycles. The quantitative estimate of drug-likeness (QED) is 0.200. The predicted octanol–water partition coefficient (Wildman–Crippen LogP) is 8.42. The summed E-state index contributed by atoms with van der Waals surface area (Å²) in [5, 5.41) is 21.2. The van der Waals surface area contributed by atoms with Crippen LogP contribution in [0.1, 0.15) is 124 Å². The van der Waals surface area contributed by atoms with Gasteiger partial charge in [0.25, 0.3) is 0 Å². The van der Waals surface area contributed by atoms with Crippen LogP contribution in [-0.2, 0) is 4.79 Å². The summed E-state index contributed by atoms with van der Waals surface area (Å²) >= 11 is 0. The van der Waals surface area contributed by atoms with Crippen molar-refractivity contribution in [3.63, 3.8) is 0 Å². The van der Waals surface area contributed by atoms with E-state index in [9.17, 15) is 15.0 Å². The Labute approximate surface area is 232 Å². The number of hydrogen-bond acceptors (Lipinski definition) is 3. The molecule has 0 saturated heterocycles. The molecule has 0 bridgehead atoms. The second-order valence-electron chi connectivity index (χ2n) is 13.5. The number of aliphatic hydroxyl groups is 2. The maximum atomic E-state index is 13.0. The molecule has 4 fully saturated rings. The van der Waals surface area contributed by atoms with Crippen LogP contribution in [0.2, 0.25) is 0 Å². The number of Topliss-reactive ketones (excluding diaryl/α,β-unsaturated/α-hetero) is 1. The predicted molar refractivity (Wildman–Crippen MR) is 158 cm³/mol. The first-order chi connectivity index (χ1) is 18.2. The summed E-state index contributed by atoms with van der Waals surface area (Å²) in [6.07, 6.45) is 24.7. The number of unbranched alkanes of at least 4 members (excludes halogenated alkanes) is 4. The normalized spacial score (nSPS) is 34.6. The van der Waals surface area contributed by atoms with Crippen molar-refractivity contribution >= 4 is 5.78 Å².